The predicted molar refractivity (Wildman–Crippen MR) is 128 cm³/mol. The first kappa shape index (κ1) is 21.7. The fraction of sp³-hybridized carbons (Fsp3) is 0.222. The van der Waals surface area contributed by atoms with Gasteiger partial charge in [-0.15, -0.1) is 0 Å². The van der Waals surface area contributed by atoms with Gasteiger partial charge < -0.3 is 19.1 Å². The number of aromatic hydroxyl groups is 1. The summed E-state index contributed by atoms with van der Waals surface area (Å²) in [4.78, 5) is 30.7. The first-order chi connectivity index (χ1) is 16.4. The topological polar surface area (TPSA) is 90.7 Å². The van der Waals surface area contributed by atoms with E-state index in [0.717, 1.165) is 22.2 Å². The van der Waals surface area contributed by atoms with E-state index in [-0.39, 0.29) is 17.7 Å². The normalized spacial score (nSPS) is 14.2. The van der Waals surface area contributed by atoms with E-state index in [9.17, 15) is 14.7 Å². The van der Waals surface area contributed by atoms with Gasteiger partial charge in [-0.3, -0.25) is 9.59 Å². The van der Waals surface area contributed by atoms with Crippen molar-refractivity contribution in [2.75, 3.05) is 7.11 Å². The molecule has 2 aromatic heterocycles. The van der Waals surface area contributed by atoms with Crippen molar-refractivity contribution in [2.45, 2.75) is 32.2 Å². The number of benzene rings is 2. The molecular formula is C27H24N2O5. The number of carbonyl (C=O) groups is 1. The molecule has 1 atom stereocenters. The van der Waals surface area contributed by atoms with Gasteiger partial charge in [0, 0.05) is 35.2 Å². The Kier molecular flexibility index (Phi) is 5.53. The van der Waals surface area contributed by atoms with Crippen LogP contribution in [0.25, 0.3) is 10.9 Å². The quantitative estimate of drug-likeness (QED) is 0.446. The molecule has 0 saturated carbocycles. The summed E-state index contributed by atoms with van der Waals surface area (Å²) in [6.45, 7) is 2.32. The second-order valence-electron chi connectivity index (χ2n) is 8.45. The van der Waals surface area contributed by atoms with Crippen LogP contribution in [0.3, 0.4) is 0 Å². The molecule has 0 radical (unpaired) electrons. The molecule has 1 aliphatic rings. The van der Waals surface area contributed by atoms with E-state index < -0.39 is 11.9 Å². The predicted octanol–water partition coefficient (Wildman–Crippen LogP) is 4.45. The lowest BCUT2D eigenvalue weighted by atomic mass is 9.86. The number of nitrogens with zero attached hydrogens (tertiary/aromatic N) is 2. The van der Waals surface area contributed by atoms with Crippen LogP contribution in [0.1, 0.15) is 34.7 Å². The Morgan fingerprint density at radius 1 is 1.15 bits per heavy atom. The zero-order chi connectivity index (χ0) is 23.8. The Balaban J connectivity index is 1.60. The minimum absolute atomic E-state index is 0.0101. The molecule has 0 spiro atoms. The van der Waals surface area contributed by atoms with Gasteiger partial charge in [0.25, 0.3) is 5.56 Å². The maximum Gasteiger partial charge on any atom is 0.306 e. The van der Waals surface area contributed by atoms with Crippen molar-refractivity contribution in [3.05, 3.63) is 93.4 Å². The largest absolute Gasteiger partial charge is 0.508 e. The summed E-state index contributed by atoms with van der Waals surface area (Å²) in [5.41, 5.74) is 3.48. The van der Waals surface area contributed by atoms with Gasteiger partial charge in [0.1, 0.15) is 11.5 Å². The zero-order valence-corrected chi connectivity index (χ0v) is 18.9. The first-order valence-electron chi connectivity index (χ1n) is 11.1. The number of pyridine rings is 2. The van der Waals surface area contributed by atoms with Gasteiger partial charge >= 0.3 is 5.97 Å². The lowest BCUT2D eigenvalue weighted by Gasteiger charge is -2.28. The monoisotopic (exact) mass is 456 g/mol. The first-order valence-corrected chi connectivity index (χ1v) is 11.1. The number of hydrogen-bond acceptors (Lipinski definition) is 6. The van der Waals surface area contributed by atoms with E-state index >= 15 is 0 Å². The number of carbonyl (C=O) groups excluding carboxylic acids is 1. The Morgan fingerprint density at radius 2 is 1.91 bits per heavy atom. The summed E-state index contributed by atoms with van der Waals surface area (Å²) in [7, 11) is 1.34. The van der Waals surface area contributed by atoms with Crippen LogP contribution in [-0.2, 0) is 22.5 Å². The van der Waals surface area contributed by atoms with Crippen molar-refractivity contribution in [1.82, 2.24) is 9.55 Å². The van der Waals surface area contributed by atoms with Crippen molar-refractivity contribution >= 4 is 16.9 Å². The van der Waals surface area contributed by atoms with Gasteiger partial charge in [0.05, 0.1) is 24.6 Å². The maximum absolute atomic E-state index is 13.7. The standard InChI is InChI=1S/C27H24N2O5/c1-16-13-23-25(27(32)29(16)12-11-17-7-9-19(30)10-8-17)20(15-24(31)33-2)21-14-18-5-3-4-6-22(18)28-26(21)34-23/h3-10,13-14,20,30H,11-12,15H2,1-2H3. The number of phenols is 1. The number of phenolic OH excluding ortho intramolecular Hbond substituents is 1. The molecular weight excluding hydrogens is 432 g/mol. The summed E-state index contributed by atoms with van der Waals surface area (Å²) >= 11 is 0. The third kappa shape index (κ3) is 3.90. The third-order valence-corrected chi connectivity index (χ3v) is 6.31. The Labute approximate surface area is 196 Å². The van der Waals surface area contributed by atoms with Crippen molar-refractivity contribution in [2.24, 2.45) is 0 Å². The molecule has 2 aromatic carbocycles. The molecule has 34 heavy (non-hydrogen) atoms. The molecule has 5 rings (SSSR count). The van der Waals surface area contributed by atoms with Crippen molar-refractivity contribution in [1.29, 1.82) is 0 Å². The molecule has 1 N–H and O–H groups in total. The van der Waals surface area contributed by atoms with E-state index in [4.69, 9.17) is 9.47 Å². The highest BCUT2D eigenvalue weighted by Gasteiger charge is 2.34. The van der Waals surface area contributed by atoms with E-state index in [2.05, 4.69) is 4.98 Å². The number of ether oxygens (including phenoxy) is 2. The molecule has 3 heterocycles. The summed E-state index contributed by atoms with van der Waals surface area (Å²) in [5.74, 6) is 0.0886. The molecule has 0 bridgehead atoms. The highest BCUT2D eigenvalue weighted by Crippen LogP contribution is 2.44. The zero-order valence-electron chi connectivity index (χ0n) is 18.9. The summed E-state index contributed by atoms with van der Waals surface area (Å²) < 4.78 is 12.8. The van der Waals surface area contributed by atoms with E-state index in [1.54, 1.807) is 16.7 Å². The van der Waals surface area contributed by atoms with Crippen LogP contribution in [-0.4, -0.2) is 27.7 Å². The van der Waals surface area contributed by atoms with Crippen LogP contribution in [0, 0.1) is 6.92 Å². The van der Waals surface area contributed by atoms with Gasteiger partial charge in [-0.1, -0.05) is 30.3 Å². The van der Waals surface area contributed by atoms with Crippen LogP contribution in [0.5, 0.6) is 17.4 Å². The number of rotatable bonds is 5. The van der Waals surface area contributed by atoms with Gasteiger partial charge in [0.2, 0.25) is 5.88 Å². The lowest BCUT2D eigenvalue weighted by Crippen LogP contribution is -2.31. The summed E-state index contributed by atoms with van der Waals surface area (Å²) in [6.07, 6.45) is 0.626. The Bertz CT molecular complexity index is 1460. The lowest BCUT2D eigenvalue weighted by molar-refractivity contribution is -0.140. The highest BCUT2D eigenvalue weighted by molar-refractivity contribution is 5.81. The molecule has 0 saturated heterocycles. The van der Waals surface area contributed by atoms with Crippen molar-refractivity contribution in [3.8, 4) is 17.4 Å². The molecule has 7 heteroatoms. The van der Waals surface area contributed by atoms with Gasteiger partial charge in [-0.05, 0) is 43.2 Å². The van der Waals surface area contributed by atoms with Gasteiger partial charge in [-0.2, -0.15) is 0 Å². The maximum atomic E-state index is 13.7. The molecule has 0 aliphatic carbocycles. The van der Waals surface area contributed by atoms with Crippen LogP contribution in [0.4, 0.5) is 0 Å². The Morgan fingerprint density at radius 3 is 2.68 bits per heavy atom. The van der Waals surface area contributed by atoms with E-state index in [1.165, 1.54) is 7.11 Å². The smallest absolute Gasteiger partial charge is 0.306 e. The molecule has 7 nitrogen and oxygen atoms in total. The molecule has 0 amide bonds. The Hall–Kier alpha value is -4.13. The fourth-order valence-corrected chi connectivity index (χ4v) is 4.51. The highest BCUT2D eigenvalue weighted by atomic mass is 16.5. The van der Waals surface area contributed by atoms with Gasteiger partial charge in [0.15, 0.2) is 0 Å². The number of esters is 1. The van der Waals surface area contributed by atoms with Crippen LogP contribution in [0.2, 0.25) is 0 Å². The number of aromatic nitrogens is 2. The summed E-state index contributed by atoms with van der Waals surface area (Å²) in [6, 6.07) is 18.4. The van der Waals surface area contributed by atoms with Crippen molar-refractivity contribution in [3.63, 3.8) is 0 Å². The second kappa shape index (κ2) is 8.67. The summed E-state index contributed by atoms with van der Waals surface area (Å²) in [5, 5.41) is 10.4. The van der Waals surface area contributed by atoms with Crippen LogP contribution >= 0.6 is 0 Å². The number of fused-ring (bicyclic) bond motifs is 3. The third-order valence-electron chi connectivity index (χ3n) is 6.31. The van der Waals surface area contributed by atoms with Crippen LogP contribution in [0.15, 0.2) is 65.5 Å². The minimum Gasteiger partial charge on any atom is -0.508 e. The molecule has 4 aromatic rings. The fourth-order valence-electron chi connectivity index (χ4n) is 4.51. The molecule has 0 fully saturated rings. The number of methoxy groups -OCH3 is 1. The SMILES string of the molecule is COC(=O)CC1c2cc3ccccc3nc2Oc2cc(C)n(CCc3ccc(O)cc3)c(=O)c21. The number of hydrogen-bond donors (Lipinski definition) is 1. The molecule has 1 aliphatic heterocycles. The molecule has 1 unspecified atom stereocenters. The second-order valence-corrected chi connectivity index (χ2v) is 8.45. The number of aryl methyl sites for hydroxylation is 2. The van der Waals surface area contributed by atoms with Crippen molar-refractivity contribution < 1.29 is 19.4 Å². The van der Waals surface area contributed by atoms with Gasteiger partial charge in [-0.25, -0.2) is 4.98 Å². The minimum atomic E-state index is -0.531. The van der Waals surface area contributed by atoms with E-state index in [0.29, 0.717) is 35.7 Å². The van der Waals surface area contributed by atoms with Crippen LogP contribution < -0.4 is 10.3 Å². The number of para-hydroxylation sites is 1. The average molecular weight is 456 g/mol. The molecule has 172 valence electrons. The van der Waals surface area contributed by atoms with E-state index in [1.807, 2.05) is 55.5 Å². The average Bonchev–Trinajstić information content (AvgIpc) is 2.83.